The summed E-state index contributed by atoms with van der Waals surface area (Å²) in [6.45, 7) is 6.58. The van der Waals surface area contributed by atoms with E-state index >= 15 is 0 Å². The van der Waals surface area contributed by atoms with Crippen LogP contribution >= 0.6 is 0 Å². The molecule has 1 aliphatic rings. The maximum atomic E-state index is 12.1. The average Bonchev–Trinajstić information content (AvgIpc) is 2.96. The summed E-state index contributed by atoms with van der Waals surface area (Å²) < 4.78 is 0. The molecule has 0 amide bonds. The van der Waals surface area contributed by atoms with Crippen molar-refractivity contribution in [3.05, 3.63) is 34.4 Å². The number of aryl methyl sites for hydroxylation is 3. The molecule has 1 aliphatic carbocycles. The van der Waals surface area contributed by atoms with Gasteiger partial charge in [-0.3, -0.25) is 4.79 Å². The van der Waals surface area contributed by atoms with Gasteiger partial charge in [-0.05, 0) is 44.7 Å². The third kappa shape index (κ3) is 2.50. The molecule has 86 valence electrons. The molecule has 0 spiro atoms. The summed E-state index contributed by atoms with van der Waals surface area (Å²) in [5, 5.41) is 3.27. The van der Waals surface area contributed by atoms with Crippen LogP contribution in [0.25, 0.3) is 0 Å². The van der Waals surface area contributed by atoms with Gasteiger partial charge in [-0.1, -0.05) is 17.7 Å². The number of hydrogen-bond donors (Lipinski definition) is 1. The first-order chi connectivity index (χ1) is 7.58. The molecule has 2 nitrogen and oxygen atoms in total. The molecular weight excluding hydrogens is 198 g/mol. The zero-order valence-electron chi connectivity index (χ0n) is 10.3. The van der Waals surface area contributed by atoms with E-state index in [4.69, 9.17) is 0 Å². The molecule has 1 saturated carbocycles. The van der Waals surface area contributed by atoms with Gasteiger partial charge in [0.2, 0.25) is 0 Å². The summed E-state index contributed by atoms with van der Waals surface area (Å²) in [5.41, 5.74) is 4.32. The van der Waals surface area contributed by atoms with Gasteiger partial charge < -0.3 is 5.32 Å². The van der Waals surface area contributed by atoms with Crippen molar-refractivity contribution < 1.29 is 4.79 Å². The molecule has 1 N–H and O–H groups in total. The van der Waals surface area contributed by atoms with Crippen molar-refractivity contribution >= 4 is 5.78 Å². The fraction of sp³-hybridized carbons (Fsp3) is 0.500. The average molecular weight is 217 g/mol. The van der Waals surface area contributed by atoms with Crippen LogP contribution in [0.15, 0.2) is 12.1 Å². The Labute approximate surface area is 97.1 Å². The van der Waals surface area contributed by atoms with Crippen LogP contribution in [0.5, 0.6) is 0 Å². The Morgan fingerprint density at radius 1 is 1.25 bits per heavy atom. The van der Waals surface area contributed by atoms with Gasteiger partial charge in [0.25, 0.3) is 0 Å². The summed E-state index contributed by atoms with van der Waals surface area (Å²) in [6, 6.07) is 4.75. The Hall–Kier alpha value is -1.15. The fourth-order valence-corrected chi connectivity index (χ4v) is 2.23. The summed E-state index contributed by atoms with van der Waals surface area (Å²) in [6.07, 6.45) is 2.44. The third-order valence-electron chi connectivity index (χ3n) is 3.08. The van der Waals surface area contributed by atoms with E-state index in [9.17, 15) is 4.79 Å². The highest BCUT2D eigenvalue weighted by atomic mass is 16.1. The minimum atomic E-state index is 0.224. The van der Waals surface area contributed by atoms with Crippen LogP contribution in [0, 0.1) is 20.8 Å². The lowest BCUT2D eigenvalue weighted by molar-refractivity contribution is 0.0989. The van der Waals surface area contributed by atoms with Crippen LogP contribution in [0.3, 0.4) is 0 Å². The Morgan fingerprint density at radius 3 is 2.31 bits per heavy atom. The third-order valence-corrected chi connectivity index (χ3v) is 3.08. The van der Waals surface area contributed by atoms with Crippen LogP contribution in [0.4, 0.5) is 0 Å². The smallest absolute Gasteiger partial charge is 0.177 e. The number of carbonyl (C=O) groups is 1. The van der Waals surface area contributed by atoms with Crippen molar-refractivity contribution in [1.82, 2.24) is 5.32 Å². The number of rotatable bonds is 4. The van der Waals surface area contributed by atoms with Crippen molar-refractivity contribution in [1.29, 1.82) is 0 Å². The van der Waals surface area contributed by atoms with Gasteiger partial charge in [0.15, 0.2) is 5.78 Å². The van der Waals surface area contributed by atoms with E-state index in [-0.39, 0.29) is 5.78 Å². The first-order valence-electron chi connectivity index (χ1n) is 5.92. The summed E-state index contributed by atoms with van der Waals surface area (Å²) >= 11 is 0. The number of hydrogen-bond acceptors (Lipinski definition) is 2. The fourth-order valence-electron chi connectivity index (χ4n) is 2.23. The van der Waals surface area contributed by atoms with Crippen molar-refractivity contribution in [2.24, 2.45) is 0 Å². The van der Waals surface area contributed by atoms with Gasteiger partial charge in [0.05, 0.1) is 6.54 Å². The van der Waals surface area contributed by atoms with Crippen LogP contribution in [-0.2, 0) is 0 Å². The topological polar surface area (TPSA) is 29.1 Å². The lowest BCUT2D eigenvalue weighted by Gasteiger charge is -2.10. The summed E-state index contributed by atoms with van der Waals surface area (Å²) in [5.74, 6) is 0.224. The normalized spacial score (nSPS) is 15.2. The van der Waals surface area contributed by atoms with Gasteiger partial charge in [-0.2, -0.15) is 0 Å². The van der Waals surface area contributed by atoms with Crippen LogP contribution in [0.2, 0.25) is 0 Å². The van der Waals surface area contributed by atoms with E-state index < -0.39 is 0 Å². The number of carbonyl (C=O) groups excluding carboxylic acids is 1. The van der Waals surface area contributed by atoms with E-state index in [2.05, 4.69) is 24.4 Å². The molecule has 0 heterocycles. The van der Waals surface area contributed by atoms with E-state index in [1.807, 2.05) is 13.8 Å². The highest BCUT2D eigenvalue weighted by Gasteiger charge is 2.22. The van der Waals surface area contributed by atoms with Crippen molar-refractivity contribution in [3.8, 4) is 0 Å². The molecule has 0 aliphatic heterocycles. The number of Topliss-reactive ketones (excluding diaryl/α,β-unsaturated/α-hetero) is 1. The van der Waals surface area contributed by atoms with Gasteiger partial charge in [-0.25, -0.2) is 0 Å². The lowest BCUT2D eigenvalue weighted by Crippen LogP contribution is -2.25. The predicted molar refractivity (Wildman–Crippen MR) is 66.0 cm³/mol. The van der Waals surface area contributed by atoms with Crippen molar-refractivity contribution in [3.63, 3.8) is 0 Å². The van der Waals surface area contributed by atoms with Gasteiger partial charge in [0.1, 0.15) is 0 Å². The quantitative estimate of drug-likeness (QED) is 0.785. The molecule has 0 unspecified atom stereocenters. The van der Waals surface area contributed by atoms with Crippen LogP contribution in [0.1, 0.15) is 39.9 Å². The second kappa shape index (κ2) is 4.38. The van der Waals surface area contributed by atoms with Crippen molar-refractivity contribution in [2.75, 3.05) is 6.54 Å². The Bertz CT molecular complexity index is 396. The lowest BCUT2D eigenvalue weighted by atomic mass is 9.96. The summed E-state index contributed by atoms with van der Waals surface area (Å²) in [7, 11) is 0. The second-order valence-electron chi connectivity index (χ2n) is 4.85. The van der Waals surface area contributed by atoms with Gasteiger partial charge in [0, 0.05) is 11.6 Å². The first kappa shape index (κ1) is 11.3. The molecule has 2 rings (SSSR count). The van der Waals surface area contributed by atoms with E-state index in [0.29, 0.717) is 12.6 Å². The van der Waals surface area contributed by atoms with Crippen LogP contribution in [-0.4, -0.2) is 18.4 Å². The molecule has 1 aromatic carbocycles. The Morgan fingerprint density at radius 2 is 1.81 bits per heavy atom. The molecule has 0 bridgehead atoms. The van der Waals surface area contributed by atoms with Gasteiger partial charge >= 0.3 is 0 Å². The van der Waals surface area contributed by atoms with E-state index in [1.165, 1.54) is 18.4 Å². The van der Waals surface area contributed by atoms with Crippen molar-refractivity contribution in [2.45, 2.75) is 39.7 Å². The standard InChI is InChI=1S/C14H19NO/c1-9-6-10(2)14(11(3)7-9)13(16)8-15-12-4-5-12/h6-7,12,15H,4-5,8H2,1-3H3. The van der Waals surface area contributed by atoms with Crippen LogP contribution < -0.4 is 5.32 Å². The number of ketones is 1. The first-order valence-corrected chi connectivity index (χ1v) is 5.92. The molecule has 0 saturated heterocycles. The SMILES string of the molecule is Cc1cc(C)c(C(=O)CNC2CC2)c(C)c1. The maximum absolute atomic E-state index is 12.1. The minimum absolute atomic E-state index is 0.224. The molecule has 1 aromatic rings. The molecule has 0 aromatic heterocycles. The van der Waals surface area contributed by atoms with E-state index in [1.54, 1.807) is 0 Å². The molecule has 2 heteroatoms. The van der Waals surface area contributed by atoms with Gasteiger partial charge in [-0.15, -0.1) is 0 Å². The summed E-state index contributed by atoms with van der Waals surface area (Å²) in [4.78, 5) is 12.1. The molecule has 1 fully saturated rings. The molecule has 0 radical (unpaired) electrons. The number of benzene rings is 1. The molecule has 0 atom stereocenters. The highest BCUT2D eigenvalue weighted by Crippen LogP contribution is 2.20. The highest BCUT2D eigenvalue weighted by molar-refractivity contribution is 6.00. The Balaban J connectivity index is 2.14. The Kier molecular flexibility index (Phi) is 3.10. The second-order valence-corrected chi connectivity index (χ2v) is 4.85. The number of nitrogens with one attached hydrogen (secondary N) is 1. The molecular formula is C14H19NO. The largest absolute Gasteiger partial charge is 0.307 e. The molecule has 16 heavy (non-hydrogen) atoms. The predicted octanol–water partition coefficient (Wildman–Crippen LogP) is 2.55. The van der Waals surface area contributed by atoms with E-state index in [0.717, 1.165) is 16.7 Å². The maximum Gasteiger partial charge on any atom is 0.177 e. The monoisotopic (exact) mass is 217 g/mol. The zero-order chi connectivity index (χ0) is 11.7. The minimum Gasteiger partial charge on any atom is -0.307 e. The zero-order valence-corrected chi connectivity index (χ0v) is 10.3.